The van der Waals surface area contributed by atoms with Gasteiger partial charge < -0.3 is 0 Å². The Morgan fingerprint density at radius 2 is 1.86 bits per heavy atom. The Hall–Kier alpha value is -2.49. The van der Waals surface area contributed by atoms with Crippen LogP contribution in [0.15, 0.2) is 54.6 Å². The summed E-state index contributed by atoms with van der Waals surface area (Å²) in [6, 6.07) is 16.5. The number of ketones is 1. The van der Waals surface area contributed by atoms with Crippen LogP contribution < -0.4 is 0 Å². The number of carbonyl (C=O) groups excluding carboxylic acids is 1. The second kappa shape index (κ2) is 6.79. The molecule has 0 saturated carbocycles. The van der Waals surface area contributed by atoms with Gasteiger partial charge in [-0.2, -0.15) is 0 Å². The minimum atomic E-state index is -0.394. The average molecular weight is 283 g/mol. The first kappa shape index (κ1) is 14.9. The molecule has 108 valence electrons. The van der Waals surface area contributed by atoms with E-state index in [1.54, 1.807) is 6.07 Å². The maximum absolute atomic E-state index is 12.3. The molecule has 0 amide bonds. The Bertz CT molecular complexity index is 637. The van der Waals surface area contributed by atoms with Gasteiger partial charge in [-0.1, -0.05) is 54.1 Å². The van der Waals surface area contributed by atoms with Crippen molar-refractivity contribution in [2.45, 2.75) is 19.3 Å². The molecule has 21 heavy (non-hydrogen) atoms. The number of Topliss-reactive ketones (excluding diaryl/α,β-unsaturated/α-hetero) is 1. The minimum absolute atomic E-state index is 0.0607. The summed E-state index contributed by atoms with van der Waals surface area (Å²) in [4.78, 5) is 22.8. The van der Waals surface area contributed by atoms with Crippen LogP contribution in [0, 0.1) is 17.0 Å². The van der Waals surface area contributed by atoms with Gasteiger partial charge in [0, 0.05) is 16.9 Å². The van der Waals surface area contributed by atoms with Crippen molar-refractivity contribution in [2.24, 2.45) is 0 Å². The highest BCUT2D eigenvalue weighted by molar-refractivity contribution is 5.96. The van der Waals surface area contributed by atoms with Crippen LogP contribution in [0.25, 0.3) is 0 Å². The van der Waals surface area contributed by atoms with Crippen LogP contribution in [0.5, 0.6) is 0 Å². The van der Waals surface area contributed by atoms with Gasteiger partial charge in [-0.15, -0.1) is 0 Å². The molecular formula is C17H17NO3. The molecule has 2 aromatic rings. The van der Waals surface area contributed by atoms with Crippen molar-refractivity contribution < 1.29 is 9.72 Å². The third-order valence-corrected chi connectivity index (χ3v) is 3.41. The van der Waals surface area contributed by atoms with E-state index in [-0.39, 0.29) is 23.7 Å². The van der Waals surface area contributed by atoms with E-state index in [2.05, 4.69) is 0 Å². The molecule has 2 aromatic carbocycles. The van der Waals surface area contributed by atoms with E-state index < -0.39 is 5.92 Å². The molecule has 0 saturated heterocycles. The van der Waals surface area contributed by atoms with E-state index in [9.17, 15) is 14.9 Å². The number of carbonyl (C=O) groups is 1. The topological polar surface area (TPSA) is 60.2 Å². The maximum Gasteiger partial charge on any atom is 0.211 e. The van der Waals surface area contributed by atoms with Crippen molar-refractivity contribution in [2.75, 3.05) is 6.54 Å². The SMILES string of the molecule is Cc1cccc(C(=O)C[C@H](C[N+](=O)[O-])c2ccccc2)c1. The van der Waals surface area contributed by atoms with Gasteiger partial charge in [-0.25, -0.2) is 0 Å². The van der Waals surface area contributed by atoms with Gasteiger partial charge in [-0.3, -0.25) is 14.9 Å². The second-order valence-electron chi connectivity index (χ2n) is 5.12. The molecule has 0 unspecified atom stereocenters. The van der Waals surface area contributed by atoms with E-state index in [1.807, 2.05) is 55.5 Å². The highest BCUT2D eigenvalue weighted by Gasteiger charge is 2.22. The van der Waals surface area contributed by atoms with Crippen LogP contribution in [-0.2, 0) is 0 Å². The summed E-state index contributed by atoms with van der Waals surface area (Å²) in [5, 5.41) is 10.8. The molecule has 0 aliphatic heterocycles. The van der Waals surface area contributed by atoms with E-state index in [1.165, 1.54) is 0 Å². The zero-order valence-electron chi connectivity index (χ0n) is 11.9. The Morgan fingerprint density at radius 3 is 2.48 bits per heavy atom. The lowest BCUT2D eigenvalue weighted by Crippen LogP contribution is -2.16. The lowest BCUT2D eigenvalue weighted by molar-refractivity contribution is -0.483. The van der Waals surface area contributed by atoms with E-state index in [0.717, 1.165) is 11.1 Å². The molecule has 0 bridgehead atoms. The summed E-state index contributed by atoms with van der Waals surface area (Å²) in [6.45, 7) is 1.68. The Morgan fingerprint density at radius 1 is 1.14 bits per heavy atom. The fourth-order valence-electron chi connectivity index (χ4n) is 2.35. The van der Waals surface area contributed by atoms with Gasteiger partial charge in [0.05, 0.1) is 5.92 Å². The van der Waals surface area contributed by atoms with Crippen molar-refractivity contribution in [1.82, 2.24) is 0 Å². The standard InChI is InChI=1S/C17H17NO3/c1-13-6-5-9-15(10-13)17(19)11-16(12-18(20)21)14-7-3-2-4-8-14/h2-10,16H,11-12H2,1H3/t16-/m1/s1. The molecule has 0 spiro atoms. The van der Waals surface area contributed by atoms with E-state index in [0.29, 0.717) is 5.56 Å². The zero-order chi connectivity index (χ0) is 15.2. The lowest BCUT2D eigenvalue weighted by Gasteiger charge is -2.12. The molecule has 0 N–H and O–H groups in total. The van der Waals surface area contributed by atoms with Crippen LogP contribution in [0.1, 0.15) is 33.8 Å². The van der Waals surface area contributed by atoms with Crippen molar-refractivity contribution in [1.29, 1.82) is 0 Å². The fourth-order valence-corrected chi connectivity index (χ4v) is 2.35. The molecule has 0 fully saturated rings. The molecule has 2 rings (SSSR count). The number of nitro groups is 1. The molecule has 0 aliphatic rings. The zero-order valence-corrected chi connectivity index (χ0v) is 11.9. The van der Waals surface area contributed by atoms with Crippen LogP contribution >= 0.6 is 0 Å². The molecule has 0 aromatic heterocycles. The van der Waals surface area contributed by atoms with Gasteiger partial charge in [0.1, 0.15) is 0 Å². The van der Waals surface area contributed by atoms with Gasteiger partial charge in [0.2, 0.25) is 6.54 Å². The molecule has 1 atom stereocenters. The van der Waals surface area contributed by atoms with Gasteiger partial charge >= 0.3 is 0 Å². The lowest BCUT2D eigenvalue weighted by atomic mass is 9.91. The Labute approximate surface area is 123 Å². The number of benzene rings is 2. The number of aryl methyl sites for hydroxylation is 1. The number of nitrogens with zero attached hydrogens (tertiary/aromatic N) is 1. The smallest absolute Gasteiger partial charge is 0.211 e. The van der Waals surface area contributed by atoms with Crippen molar-refractivity contribution in [3.05, 3.63) is 81.4 Å². The molecule has 4 heteroatoms. The van der Waals surface area contributed by atoms with Gasteiger partial charge in [-0.05, 0) is 18.6 Å². The van der Waals surface area contributed by atoms with Gasteiger partial charge in [0.25, 0.3) is 0 Å². The van der Waals surface area contributed by atoms with Crippen LogP contribution in [0.3, 0.4) is 0 Å². The molecule has 0 heterocycles. The quantitative estimate of drug-likeness (QED) is 0.462. The van der Waals surface area contributed by atoms with Crippen molar-refractivity contribution in [3.63, 3.8) is 0 Å². The first-order chi connectivity index (χ1) is 10.1. The Kier molecular flexibility index (Phi) is 4.82. The predicted octanol–water partition coefficient (Wildman–Crippen LogP) is 3.63. The minimum Gasteiger partial charge on any atom is -0.294 e. The summed E-state index contributed by atoms with van der Waals surface area (Å²) in [5.74, 6) is -0.455. The number of rotatable bonds is 6. The first-order valence-corrected chi connectivity index (χ1v) is 6.83. The third kappa shape index (κ3) is 4.24. The predicted molar refractivity (Wildman–Crippen MR) is 81.2 cm³/mol. The Balaban J connectivity index is 2.19. The van der Waals surface area contributed by atoms with E-state index in [4.69, 9.17) is 0 Å². The number of hydrogen-bond acceptors (Lipinski definition) is 3. The summed E-state index contributed by atoms with van der Waals surface area (Å²) < 4.78 is 0. The summed E-state index contributed by atoms with van der Waals surface area (Å²) >= 11 is 0. The normalized spacial score (nSPS) is 11.9. The first-order valence-electron chi connectivity index (χ1n) is 6.83. The van der Waals surface area contributed by atoms with Gasteiger partial charge in [0.15, 0.2) is 5.78 Å². The van der Waals surface area contributed by atoms with Crippen molar-refractivity contribution >= 4 is 5.78 Å². The monoisotopic (exact) mass is 283 g/mol. The molecule has 0 aliphatic carbocycles. The van der Waals surface area contributed by atoms with Crippen LogP contribution in [-0.4, -0.2) is 17.3 Å². The van der Waals surface area contributed by atoms with E-state index >= 15 is 0 Å². The maximum atomic E-state index is 12.3. The fraction of sp³-hybridized carbons (Fsp3) is 0.235. The highest BCUT2D eigenvalue weighted by atomic mass is 16.6. The average Bonchev–Trinajstić information content (AvgIpc) is 2.47. The van der Waals surface area contributed by atoms with Crippen molar-refractivity contribution in [3.8, 4) is 0 Å². The second-order valence-corrected chi connectivity index (χ2v) is 5.12. The largest absolute Gasteiger partial charge is 0.294 e. The van der Waals surface area contributed by atoms with Crippen LogP contribution in [0.4, 0.5) is 0 Å². The third-order valence-electron chi connectivity index (χ3n) is 3.41. The summed E-state index contributed by atoms with van der Waals surface area (Å²) in [6.07, 6.45) is 0.147. The number of hydrogen-bond donors (Lipinski definition) is 0. The molecule has 4 nitrogen and oxygen atoms in total. The summed E-state index contributed by atoms with van der Waals surface area (Å²) in [5.41, 5.74) is 2.45. The highest BCUT2D eigenvalue weighted by Crippen LogP contribution is 2.22. The summed E-state index contributed by atoms with van der Waals surface area (Å²) in [7, 11) is 0. The molecular weight excluding hydrogens is 266 g/mol. The molecule has 0 radical (unpaired) electrons. The van der Waals surface area contributed by atoms with Crippen LogP contribution in [0.2, 0.25) is 0 Å².